The van der Waals surface area contributed by atoms with Crippen molar-refractivity contribution in [2.45, 2.75) is 6.61 Å². The van der Waals surface area contributed by atoms with Crippen LogP contribution in [0.3, 0.4) is 0 Å². The molecule has 0 atom stereocenters. The van der Waals surface area contributed by atoms with Crippen molar-refractivity contribution in [1.82, 2.24) is 19.9 Å². The number of primary amides is 1. The van der Waals surface area contributed by atoms with Gasteiger partial charge in [0.1, 0.15) is 29.7 Å². The molecule has 170 valence electrons. The van der Waals surface area contributed by atoms with E-state index in [2.05, 4.69) is 19.9 Å². The topological polar surface area (TPSA) is 127 Å². The Morgan fingerprint density at radius 3 is 2.68 bits per heavy atom. The van der Waals surface area contributed by atoms with Crippen LogP contribution in [0, 0.1) is 11.6 Å². The largest absolute Gasteiger partial charge is 0.377 e. The van der Waals surface area contributed by atoms with Crippen LogP contribution in [0.4, 0.5) is 8.78 Å². The highest BCUT2D eigenvalue weighted by Crippen LogP contribution is 2.29. The molecule has 3 aromatic heterocycles. The number of hydrogen-bond acceptors (Lipinski definition) is 5. The zero-order valence-electron chi connectivity index (χ0n) is 17.8. The van der Waals surface area contributed by atoms with Gasteiger partial charge < -0.3 is 20.4 Å². The molecule has 5 aromatic rings. The fourth-order valence-corrected chi connectivity index (χ4v) is 3.88. The van der Waals surface area contributed by atoms with Crippen LogP contribution in [0.25, 0.3) is 33.2 Å². The number of nitrogens with one attached hydrogen (secondary N) is 2. The number of aromatic amines is 2. The third-order valence-electron chi connectivity index (χ3n) is 5.50. The van der Waals surface area contributed by atoms with E-state index in [4.69, 9.17) is 10.5 Å². The van der Waals surface area contributed by atoms with Crippen molar-refractivity contribution >= 4 is 33.8 Å². The highest BCUT2D eigenvalue weighted by molar-refractivity contribution is 6.17. The third-order valence-corrected chi connectivity index (χ3v) is 5.50. The molecule has 1 amide bonds. The number of hydrogen-bond donors (Lipinski definition) is 3. The first-order chi connectivity index (χ1) is 16.4. The average molecular weight is 461 g/mol. The summed E-state index contributed by atoms with van der Waals surface area (Å²) < 4.78 is 34.3. The molecule has 0 aliphatic rings. The molecule has 5 rings (SSSR count). The molecule has 34 heavy (non-hydrogen) atoms. The standard InChI is InChI=1S/C24H17F2N5O3/c1-34-10-19-30-17-5-2-11(7-18(17)31-19)12-6-14-15(9-29-24(14)28-8-12)22(32)20-16(25)4-3-13(21(20)26)23(27)33/h2-9H,10H2,1H3,(H2,27,33)(H,28,29)(H,30,31). The van der Waals surface area contributed by atoms with Crippen LogP contribution >= 0.6 is 0 Å². The predicted octanol–water partition coefficient (Wildman–Crippen LogP) is 3.86. The SMILES string of the molecule is COCc1nc2ccc(-c3cnc4[nH]cc(C(=O)c5c(F)ccc(C(N)=O)c5F)c4c3)cc2[nH]1. The minimum Gasteiger partial charge on any atom is -0.377 e. The zero-order chi connectivity index (χ0) is 24.0. The Bertz CT molecular complexity index is 1610. The number of nitrogens with two attached hydrogens (primary N) is 1. The van der Waals surface area contributed by atoms with Crippen LogP contribution in [0.2, 0.25) is 0 Å². The first kappa shape index (κ1) is 21.4. The molecule has 0 unspecified atom stereocenters. The number of methoxy groups -OCH3 is 1. The van der Waals surface area contributed by atoms with Gasteiger partial charge in [-0.1, -0.05) is 6.07 Å². The molecule has 8 nitrogen and oxygen atoms in total. The highest BCUT2D eigenvalue weighted by Gasteiger charge is 2.26. The van der Waals surface area contributed by atoms with Gasteiger partial charge in [0.25, 0.3) is 5.91 Å². The minimum absolute atomic E-state index is 0.00812. The third kappa shape index (κ3) is 3.50. The second-order valence-corrected chi connectivity index (χ2v) is 7.65. The Hall–Kier alpha value is -4.44. The van der Waals surface area contributed by atoms with Gasteiger partial charge in [-0.25, -0.2) is 18.7 Å². The molecular formula is C24H17F2N5O3. The molecule has 0 saturated heterocycles. The molecule has 0 radical (unpaired) electrons. The Morgan fingerprint density at radius 1 is 1.09 bits per heavy atom. The smallest absolute Gasteiger partial charge is 0.251 e. The Balaban J connectivity index is 1.60. The van der Waals surface area contributed by atoms with Gasteiger partial charge in [-0.05, 0) is 35.9 Å². The molecule has 4 N–H and O–H groups in total. The van der Waals surface area contributed by atoms with Crippen LogP contribution in [0.1, 0.15) is 32.1 Å². The Labute approximate surface area is 190 Å². The van der Waals surface area contributed by atoms with Gasteiger partial charge >= 0.3 is 0 Å². The van der Waals surface area contributed by atoms with Crippen LogP contribution in [-0.4, -0.2) is 38.7 Å². The monoisotopic (exact) mass is 461 g/mol. The van der Waals surface area contributed by atoms with Crippen molar-refractivity contribution in [2.75, 3.05) is 7.11 Å². The van der Waals surface area contributed by atoms with Crippen LogP contribution in [0.15, 0.2) is 48.8 Å². The number of aromatic nitrogens is 4. The molecular weight excluding hydrogens is 444 g/mol. The van der Waals surface area contributed by atoms with E-state index in [0.29, 0.717) is 29.0 Å². The van der Waals surface area contributed by atoms with E-state index in [9.17, 15) is 18.4 Å². The molecule has 0 saturated carbocycles. The van der Waals surface area contributed by atoms with Gasteiger partial charge in [0.15, 0.2) is 0 Å². The fraction of sp³-hybridized carbons (Fsp3) is 0.0833. The zero-order valence-corrected chi connectivity index (χ0v) is 17.8. The summed E-state index contributed by atoms with van der Waals surface area (Å²) in [7, 11) is 1.58. The maximum Gasteiger partial charge on any atom is 0.251 e. The number of amides is 1. The number of H-pyrrole nitrogens is 2. The Kier molecular flexibility index (Phi) is 5.14. The quantitative estimate of drug-likeness (QED) is 0.331. The van der Waals surface area contributed by atoms with E-state index >= 15 is 0 Å². The number of carbonyl (C=O) groups excluding carboxylic acids is 2. The first-order valence-electron chi connectivity index (χ1n) is 10.1. The van der Waals surface area contributed by atoms with Crippen molar-refractivity contribution in [1.29, 1.82) is 0 Å². The number of pyridine rings is 1. The van der Waals surface area contributed by atoms with Crippen molar-refractivity contribution in [3.63, 3.8) is 0 Å². The maximum absolute atomic E-state index is 14.8. The van der Waals surface area contributed by atoms with Gasteiger partial charge in [0, 0.05) is 36.0 Å². The number of fused-ring (bicyclic) bond motifs is 2. The number of halogens is 2. The molecule has 3 heterocycles. The Morgan fingerprint density at radius 2 is 1.91 bits per heavy atom. The average Bonchev–Trinajstić information content (AvgIpc) is 3.41. The van der Waals surface area contributed by atoms with Crippen LogP contribution in [0.5, 0.6) is 0 Å². The molecule has 2 aromatic carbocycles. The second kappa shape index (κ2) is 8.16. The lowest BCUT2D eigenvalue weighted by molar-refractivity contribution is 0.0996. The van der Waals surface area contributed by atoms with Gasteiger partial charge in [-0.2, -0.15) is 0 Å². The summed E-state index contributed by atoms with van der Waals surface area (Å²) in [6, 6.07) is 9.02. The number of carbonyl (C=O) groups is 2. The molecule has 0 fully saturated rings. The number of ketones is 1. The van der Waals surface area contributed by atoms with Gasteiger partial charge in [0.2, 0.25) is 5.78 Å². The van der Waals surface area contributed by atoms with E-state index in [1.54, 1.807) is 19.4 Å². The van der Waals surface area contributed by atoms with E-state index in [1.165, 1.54) is 6.20 Å². The predicted molar refractivity (Wildman–Crippen MR) is 120 cm³/mol. The summed E-state index contributed by atoms with van der Waals surface area (Å²) in [5.74, 6) is -3.74. The molecule has 0 aliphatic heterocycles. The van der Waals surface area contributed by atoms with Crippen molar-refractivity contribution < 1.29 is 23.1 Å². The van der Waals surface area contributed by atoms with E-state index < -0.39 is 34.5 Å². The molecule has 10 heteroatoms. The summed E-state index contributed by atoms with van der Waals surface area (Å²) in [6.45, 7) is 0.344. The van der Waals surface area contributed by atoms with Gasteiger partial charge in [0.05, 0.1) is 22.2 Å². The maximum atomic E-state index is 14.8. The molecule has 0 aliphatic carbocycles. The lowest BCUT2D eigenvalue weighted by atomic mass is 9.98. The molecule has 0 bridgehead atoms. The number of rotatable bonds is 6. The van der Waals surface area contributed by atoms with Crippen molar-refractivity contribution in [3.05, 3.63) is 82.9 Å². The summed E-state index contributed by atoms with van der Waals surface area (Å²) in [5, 5.41) is 0.371. The summed E-state index contributed by atoms with van der Waals surface area (Å²) >= 11 is 0. The molecule has 0 spiro atoms. The summed E-state index contributed by atoms with van der Waals surface area (Å²) in [5.41, 5.74) is 7.13. The number of nitrogens with zero attached hydrogens (tertiary/aromatic N) is 2. The van der Waals surface area contributed by atoms with E-state index in [1.807, 2.05) is 18.2 Å². The number of benzene rings is 2. The van der Waals surface area contributed by atoms with Gasteiger partial charge in [-0.3, -0.25) is 9.59 Å². The van der Waals surface area contributed by atoms with E-state index in [-0.39, 0.29) is 5.56 Å². The number of ether oxygens (including phenoxy) is 1. The van der Waals surface area contributed by atoms with Gasteiger partial charge in [-0.15, -0.1) is 0 Å². The first-order valence-corrected chi connectivity index (χ1v) is 10.1. The lowest BCUT2D eigenvalue weighted by Gasteiger charge is -2.07. The second-order valence-electron chi connectivity index (χ2n) is 7.65. The number of imidazole rings is 1. The van der Waals surface area contributed by atoms with Crippen molar-refractivity contribution in [3.8, 4) is 11.1 Å². The lowest BCUT2D eigenvalue weighted by Crippen LogP contribution is -2.17. The normalized spacial score (nSPS) is 11.4. The van der Waals surface area contributed by atoms with Crippen LogP contribution in [-0.2, 0) is 11.3 Å². The van der Waals surface area contributed by atoms with E-state index in [0.717, 1.165) is 28.7 Å². The minimum atomic E-state index is -1.30. The summed E-state index contributed by atoms with van der Waals surface area (Å²) in [4.78, 5) is 39.4. The highest BCUT2D eigenvalue weighted by atomic mass is 19.1. The van der Waals surface area contributed by atoms with Crippen LogP contribution < -0.4 is 5.73 Å². The summed E-state index contributed by atoms with van der Waals surface area (Å²) in [6.07, 6.45) is 2.95. The van der Waals surface area contributed by atoms with Crippen molar-refractivity contribution in [2.24, 2.45) is 5.73 Å². The fourth-order valence-electron chi connectivity index (χ4n) is 3.88.